The van der Waals surface area contributed by atoms with Crippen molar-refractivity contribution in [3.63, 3.8) is 0 Å². The largest absolute Gasteiger partial charge is 0 e. The minimum absolute atomic E-state index is 0. The summed E-state index contributed by atoms with van der Waals surface area (Å²) in [5, 5.41) is 0. The summed E-state index contributed by atoms with van der Waals surface area (Å²) in [5.74, 6) is 0. The first-order valence-electron chi connectivity index (χ1n) is 7.71. The Kier molecular flexibility index (Phi) is 6.59. The van der Waals surface area contributed by atoms with Gasteiger partial charge >= 0.3 is 141 Å². The van der Waals surface area contributed by atoms with Crippen molar-refractivity contribution in [2.75, 3.05) is 0 Å². The van der Waals surface area contributed by atoms with Crippen LogP contribution < -0.4 is 10.7 Å². The van der Waals surface area contributed by atoms with Crippen molar-refractivity contribution in [2.24, 2.45) is 0 Å². The van der Waals surface area contributed by atoms with E-state index < -0.39 is 19.8 Å². The maximum atomic E-state index is 2.34. The first-order valence-corrected chi connectivity index (χ1v) is 12.0. The molecule has 3 aromatic rings. The van der Waals surface area contributed by atoms with E-state index in [0.717, 1.165) is 0 Å². The zero-order valence-electron chi connectivity index (χ0n) is 14.4. The zero-order valence-corrected chi connectivity index (χ0v) is 17.3. The summed E-state index contributed by atoms with van der Waals surface area (Å²) < 4.78 is 4.63. The number of rotatable bonds is 3. The van der Waals surface area contributed by atoms with Crippen LogP contribution in [0.3, 0.4) is 0 Å². The van der Waals surface area contributed by atoms with Crippen LogP contribution in [-0.2, 0) is 0 Å². The summed E-state index contributed by atoms with van der Waals surface area (Å²) in [6.07, 6.45) is 0. The predicted molar refractivity (Wildman–Crippen MR) is 104 cm³/mol. The molecule has 110 valence electrons. The van der Waals surface area contributed by atoms with Gasteiger partial charge in [0.15, 0.2) is 0 Å². The van der Waals surface area contributed by atoms with Crippen molar-refractivity contribution in [3.8, 4) is 0 Å². The molecule has 0 atom stereocenters. The maximum Gasteiger partial charge on any atom is 0 e. The van der Waals surface area contributed by atoms with Gasteiger partial charge in [0.2, 0.25) is 0 Å². The number of aryl methyl sites for hydroxylation is 3. The minimum Gasteiger partial charge on any atom is 0 e. The van der Waals surface area contributed by atoms with E-state index in [1.807, 2.05) is 0 Å². The Labute approximate surface area is 158 Å². The molecule has 2 heteroatoms. The molecule has 0 saturated carbocycles. The molecule has 0 N–H and O–H groups in total. The first kappa shape index (κ1) is 18.4. The Morgan fingerprint density at radius 2 is 0.652 bits per heavy atom. The topological polar surface area (TPSA) is 0 Å². The smallest absolute Gasteiger partial charge is 0 e. The summed E-state index contributed by atoms with van der Waals surface area (Å²) in [4.78, 5) is 0. The van der Waals surface area contributed by atoms with Crippen LogP contribution >= 0.6 is 0 Å². The van der Waals surface area contributed by atoms with Crippen LogP contribution in [0.15, 0.2) is 72.8 Å². The van der Waals surface area contributed by atoms with Crippen LogP contribution in [0, 0.1) is 20.8 Å². The molecule has 0 amide bonds. The van der Waals surface area contributed by atoms with Crippen LogP contribution in [0.1, 0.15) is 16.7 Å². The van der Waals surface area contributed by atoms with E-state index in [1.54, 1.807) is 10.7 Å². The molecule has 3 rings (SSSR count). The Hall–Kier alpha value is -0.944. The molecule has 0 heterocycles. The number of benzene rings is 3. The van der Waals surface area contributed by atoms with E-state index in [1.165, 1.54) is 16.7 Å². The van der Waals surface area contributed by atoms with Gasteiger partial charge in [-0.3, -0.25) is 0 Å². The van der Waals surface area contributed by atoms with Crippen LogP contribution in [0.2, 0.25) is 0 Å². The molecule has 0 spiro atoms. The van der Waals surface area contributed by atoms with Gasteiger partial charge in [-0.15, -0.1) is 0 Å². The molecule has 0 aliphatic heterocycles. The van der Waals surface area contributed by atoms with Gasteiger partial charge in [0, 0.05) is 18.9 Å². The molecule has 0 nitrogen and oxygen atoms in total. The van der Waals surface area contributed by atoms with E-state index in [2.05, 4.69) is 93.6 Å². The SMILES string of the molecule is Cc1cc[c]([Sn]([c]2ccc(C)cc2)[c]2ccc(C)cc2)cc1.[Li]. The van der Waals surface area contributed by atoms with Crippen molar-refractivity contribution in [2.45, 2.75) is 20.8 Å². The molecule has 23 heavy (non-hydrogen) atoms. The molecule has 0 fully saturated rings. The van der Waals surface area contributed by atoms with Gasteiger partial charge in [-0.25, -0.2) is 0 Å². The minimum atomic E-state index is -2.06. The molecular weight excluding hydrogens is 378 g/mol. The number of hydrogen-bond donors (Lipinski definition) is 0. The van der Waals surface area contributed by atoms with Crippen LogP contribution in [0.5, 0.6) is 0 Å². The third kappa shape index (κ3) is 4.54. The third-order valence-corrected chi connectivity index (χ3v) is 11.8. The summed E-state index contributed by atoms with van der Waals surface area (Å²) >= 11 is -2.06. The average molecular weight is 399 g/mol. The van der Waals surface area contributed by atoms with Gasteiger partial charge in [0.05, 0.1) is 0 Å². The summed E-state index contributed by atoms with van der Waals surface area (Å²) in [5.41, 5.74) is 4.00. The van der Waals surface area contributed by atoms with E-state index >= 15 is 0 Å². The van der Waals surface area contributed by atoms with Crippen molar-refractivity contribution in [1.29, 1.82) is 0 Å². The van der Waals surface area contributed by atoms with Gasteiger partial charge in [-0.05, 0) is 0 Å². The summed E-state index contributed by atoms with van der Waals surface area (Å²) in [6, 6.07) is 27.5. The Balaban J connectivity index is 0.00000192. The Bertz CT molecular complexity index is 635. The second-order valence-corrected chi connectivity index (χ2v) is 13.1. The molecular formula is C21H21LiSn. The van der Waals surface area contributed by atoms with E-state index in [4.69, 9.17) is 0 Å². The molecule has 0 saturated heterocycles. The van der Waals surface area contributed by atoms with Crippen molar-refractivity contribution in [1.82, 2.24) is 0 Å². The van der Waals surface area contributed by atoms with Crippen LogP contribution in [0.4, 0.5) is 0 Å². The molecule has 0 aliphatic carbocycles. The Morgan fingerprint density at radius 3 is 0.870 bits per heavy atom. The molecule has 2 radical (unpaired) electrons. The predicted octanol–water partition coefficient (Wildman–Crippen LogP) is 2.75. The van der Waals surface area contributed by atoms with Gasteiger partial charge in [-0.2, -0.15) is 0 Å². The van der Waals surface area contributed by atoms with Gasteiger partial charge < -0.3 is 0 Å². The normalized spacial score (nSPS) is 10.4. The van der Waals surface area contributed by atoms with E-state index in [0.29, 0.717) is 0 Å². The van der Waals surface area contributed by atoms with Crippen molar-refractivity contribution >= 4 is 49.4 Å². The Morgan fingerprint density at radius 1 is 0.435 bits per heavy atom. The molecule has 0 aromatic heterocycles. The second-order valence-electron chi connectivity index (χ2n) is 5.97. The zero-order chi connectivity index (χ0) is 15.5. The van der Waals surface area contributed by atoms with Crippen molar-refractivity contribution < 1.29 is 0 Å². The quantitative estimate of drug-likeness (QED) is 0.595. The summed E-state index contributed by atoms with van der Waals surface area (Å²) in [6.45, 7) is 6.47. The van der Waals surface area contributed by atoms with E-state index in [-0.39, 0.29) is 18.9 Å². The fourth-order valence-electron chi connectivity index (χ4n) is 2.66. The number of hydrogen-bond acceptors (Lipinski definition) is 0. The molecule has 0 unspecified atom stereocenters. The van der Waals surface area contributed by atoms with Gasteiger partial charge in [0.25, 0.3) is 0 Å². The second kappa shape index (κ2) is 8.24. The molecule has 0 aliphatic rings. The fourth-order valence-corrected chi connectivity index (χ4v) is 9.80. The van der Waals surface area contributed by atoms with Gasteiger partial charge in [0.1, 0.15) is 0 Å². The average Bonchev–Trinajstić information content (AvgIpc) is 2.53. The summed E-state index contributed by atoms with van der Waals surface area (Å²) in [7, 11) is 0. The first-order chi connectivity index (χ1) is 10.6. The molecule has 3 aromatic carbocycles. The maximum absolute atomic E-state index is 2.34. The van der Waals surface area contributed by atoms with Crippen molar-refractivity contribution in [3.05, 3.63) is 89.5 Å². The van der Waals surface area contributed by atoms with Crippen LogP contribution in [0.25, 0.3) is 0 Å². The van der Waals surface area contributed by atoms with Crippen LogP contribution in [-0.4, -0.2) is 38.6 Å². The third-order valence-electron chi connectivity index (χ3n) is 4.02. The van der Waals surface area contributed by atoms with Gasteiger partial charge in [-0.1, -0.05) is 0 Å². The standard InChI is InChI=1S/3C7H7.Li.Sn/c3*1-7-5-3-2-4-6-7;;/h3*3-6H,1H3;;. The monoisotopic (exact) mass is 400 g/mol. The van der Waals surface area contributed by atoms with E-state index in [9.17, 15) is 0 Å². The molecule has 0 bridgehead atoms. The fraction of sp³-hybridized carbons (Fsp3) is 0.143.